The summed E-state index contributed by atoms with van der Waals surface area (Å²) in [4.78, 5) is 13.7. The molecule has 0 unspecified atom stereocenters. The Balaban J connectivity index is 2.30. The summed E-state index contributed by atoms with van der Waals surface area (Å²) in [5.74, 6) is -0.210. The van der Waals surface area contributed by atoms with Gasteiger partial charge in [0.25, 0.3) is 0 Å². The number of ether oxygens (including phenoxy) is 1. The SMILES string of the molecule is CCC(=CCNC1CCN(C)CC1)C(=O)OC. The topological polar surface area (TPSA) is 41.6 Å². The summed E-state index contributed by atoms with van der Waals surface area (Å²) in [5, 5.41) is 3.48. The number of carbonyl (C=O) groups is 1. The summed E-state index contributed by atoms with van der Waals surface area (Å²) >= 11 is 0. The molecule has 1 rings (SSSR count). The van der Waals surface area contributed by atoms with E-state index in [4.69, 9.17) is 4.74 Å². The van der Waals surface area contributed by atoms with E-state index in [9.17, 15) is 4.79 Å². The molecule has 0 bridgehead atoms. The van der Waals surface area contributed by atoms with E-state index in [0.717, 1.165) is 31.6 Å². The highest BCUT2D eigenvalue weighted by atomic mass is 16.5. The van der Waals surface area contributed by atoms with Gasteiger partial charge in [-0.05, 0) is 39.4 Å². The molecule has 1 N–H and O–H groups in total. The number of methoxy groups -OCH3 is 1. The third-order valence-corrected chi connectivity index (χ3v) is 3.30. The van der Waals surface area contributed by atoms with E-state index in [-0.39, 0.29) is 5.97 Å². The van der Waals surface area contributed by atoms with Crippen LogP contribution in [0, 0.1) is 0 Å². The van der Waals surface area contributed by atoms with Gasteiger partial charge >= 0.3 is 5.97 Å². The van der Waals surface area contributed by atoms with Crippen LogP contribution in [0.4, 0.5) is 0 Å². The number of carbonyl (C=O) groups excluding carboxylic acids is 1. The van der Waals surface area contributed by atoms with E-state index >= 15 is 0 Å². The molecule has 0 atom stereocenters. The Morgan fingerprint density at radius 1 is 1.47 bits per heavy atom. The number of hydrogen-bond acceptors (Lipinski definition) is 4. The predicted molar refractivity (Wildman–Crippen MR) is 68.9 cm³/mol. The van der Waals surface area contributed by atoms with E-state index in [1.54, 1.807) is 0 Å². The molecule has 1 aliphatic heterocycles. The van der Waals surface area contributed by atoms with Crippen molar-refractivity contribution in [3.05, 3.63) is 11.6 Å². The van der Waals surface area contributed by atoms with Crippen molar-refractivity contribution in [3.63, 3.8) is 0 Å². The Morgan fingerprint density at radius 3 is 2.65 bits per heavy atom. The van der Waals surface area contributed by atoms with Crippen LogP contribution in [0.15, 0.2) is 11.6 Å². The molecule has 0 saturated carbocycles. The predicted octanol–water partition coefficient (Wildman–Crippen LogP) is 1.18. The maximum atomic E-state index is 11.3. The van der Waals surface area contributed by atoms with E-state index in [1.807, 2.05) is 13.0 Å². The van der Waals surface area contributed by atoms with Crippen LogP contribution in [0.2, 0.25) is 0 Å². The fourth-order valence-corrected chi connectivity index (χ4v) is 2.06. The Hall–Kier alpha value is -0.870. The van der Waals surface area contributed by atoms with Crippen LogP contribution in [0.1, 0.15) is 26.2 Å². The lowest BCUT2D eigenvalue weighted by Crippen LogP contribution is -2.40. The molecular formula is C13H24N2O2. The summed E-state index contributed by atoms with van der Waals surface area (Å²) in [6.07, 6.45) is 5.04. The summed E-state index contributed by atoms with van der Waals surface area (Å²) in [6.45, 7) is 5.03. The zero-order chi connectivity index (χ0) is 12.7. The Bertz CT molecular complexity index is 269. The third-order valence-electron chi connectivity index (χ3n) is 3.30. The molecule has 17 heavy (non-hydrogen) atoms. The molecular weight excluding hydrogens is 216 g/mol. The van der Waals surface area contributed by atoms with Crippen LogP contribution in [0.3, 0.4) is 0 Å². The fourth-order valence-electron chi connectivity index (χ4n) is 2.06. The van der Waals surface area contributed by atoms with Gasteiger partial charge in [0, 0.05) is 18.2 Å². The Morgan fingerprint density at radius 2 is 2.12 bits per heavy atom. The quantitative estimate of drug-likeness (QED) is 0.579. The normalized spacial score (nSPS) is 19.4. The zero-order valence-corrected chi connectivity index (χ0v) is 11.2. The number of piperidine rings is 1. The highest BCUT2D eigenvalue weighted by Gasteiger charge is 2.15. The number of nitrogens with one attached hydrogen (secondary N) is 1. The van der Waals surface area contributed by atoms with Gasteiger partial charge in [-0.2, -0.15) is 0 Å². The van der Waals surface area contributed by atoms with Gasteiger partial charge in [0.05, 0.1) is 7.11 Å². The van der Waals surface area contributed by atoms with Gasteiger partial charge in [-0.1, -0.05) is 13.0 Å². The van der Waals surface area contributed by atoms with Gasteiger partial charge < -0.3 is 15.0 Å². The third kappa shape index (κ3) is 4.88. The smallest absolute Gasteiger partial charge is 0.333 e. The van der Waals surface area contributed by atoms with E-state index in [1.165, 1.54) is 20.0 Å². The van der Waals surface area contributed by atoms with Crippen molar-refractivity contribution in [2.75, 3.05) is 33.8 Å². The summed E-state index contributed by atoms with van der Waals surface area (Å²) in [5.41, 5.74) is 0.757. The number of likely N-dealkylation sites (tertiary alicyclic amines) is 1. The van der Waals surface area contributed by atoms with E-state index in [0.29, 0.717) is 6.04 Å². The van der Waals surface area contributed by atoms with Crippen LogP contribution in [0.5, 0.6) is 0 Å². The first kappa shape index (κ1) is 14.2. The van der Waals surface area contributed by atoms with Crippen molar-refractivity contribution in [1.82, 2.24) is 10.2 Å². The summed E-state index contributed by atoms with van der Waals surface area (Å²) in [7, 11) is 3.58. The van der Waals surface area contributed by atoms with Gasteiger partial charge in [0.2, 0.25) is 0 Å². The Labute approximate surface area is 104 Å². The molecule has 98 valence electrons. The second kappa shape index (κ2) is 7.45. The molecule has 1 fully saturated rings. The first-order valence-corrected chi connectivity index (χ1v) is 6.36. The molecule has 0 aliphatic carbocycles. The molecule has 0 aromatic heterocycles. The highest BCUT2D eigenvalue weighted by molar-refractivity contribution is 5.88. The minimum Gasteiger partial charge on any atom is -0.466 e. The van der Waals surface area contributed by atoms with Crippen LogP contribution < -0.4 is 5.32 Å². The van der Waals surface area contributed by atoms with Crippen LogP contribution in [-0.4, -0.2) is 50.7 Å². The highest BCUT2D eigenvalue weighted by Crippen LogP contribution is 2.08. The minimum atomic E-state index is -0.210. The van der Waals surface area contributed by atoms with Gasteiger partial charge in [-0.25, -0.2) is 4.79 Å². The summed E-state index contributed by atoms with van der Waals surface area (Å²) in [6, 6.07) is 0.582. The molecule has 1 saturated heterocycles. The molecule has 4 nitrogen and oxygen atoms in total. The molecule has 0 aromatic rings. The molecule has 0 radical (unpaired) electrons. The number of nitrogens with zero attached hydrogens (tertiary/aromatic N) is 1. The standard InChI is InChI=1S/C13H24N2O2/c1-4-11(13(16)17-3)5-8-14-12-6-9-15(2)10-7-12/h5,12,14H,4,6-10H2,1-3H3. The summed E-state index contributed by atoms with van der Waals surface area (Å²) < 4.78 is 4.72. The lowest BCUT2D eigenvalue weighted by Gasteiger charge is -2.29. The van der Waals surface area contributed by atoms with Crippen molar-refractivity contribution < 1.29 is 9.53 Å². The van der Waals surface area contributed by atoms with Gasteiger partial charge in [-0.3, -0.25) is 0 Å². The van der Waals surface area contributed by atoms with Crippen LogP contribution in [0.25, 0.3) is 0 Å². The number of rotatable bonds is 5. The molecule has 1 aliphatic rings. The lowest BCUT2D eigenvalue weighted by atomic mass is 10.1. The average Bonchev–Trinajstić information content (AvgIpc) is 2.36. The van der Waals surface area contributed by atoms with Crippen molar-refractivity contribution in [3.8, 4) is 0 Å². The molecule has 0 aromatic carbocycles. The Kier molecular flexibility index (Phi) is 6.22. The van der Waals surface area contributed by atoms with Crippen molar-refractivity contribution >= 4 is 5.97 Å². The first-order chi connectivity index (χ1) is 8.17. The maximum Gasteiger partial charge on any atom is 0.333 e. The molecule has 4 heteroatoms. The van der Waals surface area contributed by atoms with Crippen molar-refractivity contribution in [2.24, 2.45) is 0 Å². The minimum absolute atomic E-state index is 0.210. The lowest BCUT2D eigenvalue weighted by molar-refractivity contribution is -0.136. The van der Waals surface area contributed by atoms with Gasteiger partial charge in [0.15, 0.2) is 0 Å². The fraction of sp³-hybridized carbons (Fsp3) is 0.769. The van der Waals surface area contributed by atoms with Gasteiger partial charge in [0.1, 0.15) is 0 Å². The van der Waals surface area contributed by atoms with Crippen LogP contribution >= 0.6 is 0 Å². The van der Waals surface area contributed by atoms with Crippen molar-refractivity contribution in [2.45, 2.75) is 32.2 Å². The van der Waals surface area contributed by atoms with Crippen LogP contribution in [-0.2, 0) is 9.53 Å². The van der Waals surface area contributed by atoms with E-state index in [2.05, 4.69) is 17.3 Å². The second-order valence-electron chi connectivity index (χ2n) is 4.56. The van der Waals surface area contributed by atoms with Gasteiger partial charge in [-0.15, -0.1) is 0 Å². The van der Waals surface area contributed by atoms with E-state index < -0.39 is 0 Å². The first-order valence-electron chi connectivity index (χ1n) is 6.36. The largest absolute Gasteiger partial charge is 0.466 e. The van der Waals surface area contributed by atoms with Crippen molar-refractivity contribution in [1.29, 1.82) is 0 Å². The molecule has 0 amide bonds. The average molecular weight is 240 g/mol. The zero-order valence-electron chi connectivity index (χ0n) is 11.2. The second-order valence-corrected chi connectivity index (χ2v) is 4.56. The molecule has 1 heterocycles. The number of hydrogen-bond donors (Lipinski definition) is 1. The molecule has 0 spiro atoms. The monoisotopic (exact) mass is 240 g/mol. The number of esters is 1. The maximum absolute atomic E-state index is 11.3.